The topological polar surface area (TPSA) is 9.23 Å². The lowest BCUT2D eigenvalue weighted by Crippen LogP contribution is -2.17. The summed E-state index contributed by atoms with van der Waals surface area (Å²) in [7, 11) is 0. The summed E-state index contributed by atoms with van der Waals surface area (Å²) in [5, 5.41) is 1.49. The number of rotatable bonds is 3. The van der Waals surface area contributed by atoms with Crippen molar-refractivity contribution in [3.63, 3.8) is 0 Å². The first-order chi connectivity index (χ1) is 11.1. The van der Waals surface area contributed by atoms with Gasteiger partial charge in [0.25, 0.3) is 0 Å². The van der Waals surface area contributed by atoms with Gasteiger partial charge in [0, 0.05) is 10.0 Å². The third-order valence-electron chi connectivity index (χ3n) is 4.20. The van der Waals surface area contributed by atoms with E-state index in [2.05, 4.69) is 38.1 Å². The van der Waals surface area contributed by atoms with Crippen molar-refractivity contribution in [3.05, 3.63) is 75.3 Å². The van der Waals surface area contributed by atoms with Crippen LogP contribution in [0.3, 0.4) is 0 Å². The van der Waals surface area contributed by atoms with Crippen LogP contribution >= 0.6 is 23.2 Å². The van der Waals surface area contributed by atoms with Crippen molar-refractivity contribution in [3.8, 4) is 0 Å². The van der Waals surface area contributed by atoms with Crippen molar-refractivity contribution >= 4 is 28.8 Å². The van der Waals surface area contributed by atoms with Crippen molar-refractivity contribution in [2.24, 2.45) is 5.92 Å². The van der Waals surface area contributed by atoms with Crippen LogP contribution in [0.2, 0.25) is 10.0 Å². The van der Waals surface area contributed by atoms with Gasteiger partial charge in [0.05, 0.1) is 12.7 Å². The van der Waals surface area contributed by atoms with E-state index in [1.165, 1.54) is 22.3 Å². The van der Waals surface area contributed by atoms with Crippen molar-refractivity contribution in [1.82, 2.24) is 0 Å². The van der Waals surface area contributed by atoms with Crippen LogP contribution in [0, 0.1) is 5.92 Å². The summed E-state index contributed by atoms with van der Waals surface area (Å²) < 4.78 is 5.99. The maximum Gasteiger partial charge on any atom is 0.0818 e. The third kappa shape index (κ3) is 3.63. The monoisotopic (exact) mass is 346 g/mol. The molecule has 0 radical (unpaired) electrons. The van der Waals surface area contributed by atoms with Gasteiger partial charge in [0.1, 0.15) is 0 Å². The molecule has 1 saturated heterocycles. The molecular formula is C20H20Cl2O. The molecule has 3 rings (SSSR count). The van der Waals surface area contributed by atoms with E-state index in [0.29, 0.717) is 5.92 Å². The largest absolute Gasteiger partial charge is 0.373 e. The van der Waals surface area contributed by atoms with Crippen molar-refractivity contribution < 1.29 is 4.74 Å². The fourth-order valence-electron chi connectivity index (χ4n) is 3.17. The molecule has 0 N–H and O–H groups in total. The van der Waals surface area contributed by atoms with Crippen LogP contribution in [-0.2, 0) is 4.74 Å². The van der Waals surface area contributed by atoms with E-state index in [1.807, 2.05) is 24.3 Å². The van der Waals surface area contributed by atoms with Crippen LogP contribution in [0.25, 0.3) is 5.57 Å². The second kappa shape index (κ2) is 7.09. The van der Waals surface area contributed by atoms with Gasteiger partial charge in [-0.25, -0.2) is 0 Å². The van der Waals surface area contributed by atoms with E-state index in [0.717, 1.165) is 23.1 Å². The fraction of sp³-hybridized carbons (Fsp3) is 0.300. The SMILES string of the molecule is CC(C)C1OCCC1=C(c1ccc(Cl)cc1)c1ccc(Cl)cc1. The molecule has 0 amide bonds. The van der Waals surface area contributed by atoms with Crippen LogP contribution in [0.4, 0.5) is 0 Å². The van der Waals surface area contributed by atoms with Gasteiger partial charge in [0.15, 0.2) is 0 Å². The first kappa shape index (κ1) is 16.6. The summed E-state index contributed by atoms with van der Waals surface area (Å²) in [6, 6.07) is 16.1. The standard InChI is InChI=1S/C20H20Cl2O/c1-13(2)20-18(11-12-23-20)19(14-3-7-16(21)8-4-14)15-5-9-17(22)10-6-15/h3-10,13,20H,11-12H2,1-2H3. The average Bonchev–Trinajstić information content (AvgIpc) is 3.01. The Bertz CT molecular complexity index is 652. The molecule has 1 aliphatic heterocycles. The van der Waals surface area contributed by atoms with E-state index in [1.54, 1.807) is 0 Å². The molecule has 0 aromatic heterocycles. The Hall–Kier alpha value is -1.28. The highest BCUT2D eigenvalue weighted by Gasteiger charge is 2.28. The van der Waals surface area contributed by atoms with Gasteiger partial charge in [-0.15, -0.1) is 0 Å². The normalized spacial score (nSPS) is 17.8. The lowest BCUT2D eigenvalue weighted by Gasteiger charge is -2.21. The van der Waals surface area contributed by atoms with Gasteiger partial charge < -0.3 is 4.74 Å². The lowest BCUT2D eigenvalue weighted by atomic mass is 9.87. The predicted molar refractivity (Wildman–Crippen MR) is 98.1 cm³/mol. The Labute approximate surface area is 147 Å². The Balaban J connectivity index is 2.17. The lowest BCUT2D eigenvalue weighted by molar-refractivity contribution is 0.0910. The highest BCUT2D eigenvalue weighted by molar-refractivity contribution is 6.31. The van der Waals surface area contributed by atoms with E-state index < -0.39 is 0 Å². The van der Waals surface area contributed by atoms with Gasteiger partial charge in [-0.05, 0) is 58.9 Å². The minimum atomic E-state index is 0.163. The molecule has 23 heavy (non-hydrogen) atoms. The number of ether oxygens (including phenoxy) is 1. The first-order valence-electron chi connectivity index (χ1n) is 7.93. The third-order valence-corrected chi connectivity index (χ3v) is 4.71. The van der Waals surface area contributed by atoms with Crippen LogP contribution in [-0.4, -0.2) is 12.7 Å². The van der Waals surface area contributed by atoms with Crippen LogP contribution < -0.4 is 0 Å². The molecule has 0 saturated carbocycles. The molecule has 0 spiro atoms. The van der Waals surface area contributed by atoms with Gasteiger partial charge in [-0.2, -0.15) is 0 Å². The summed E-state index contributed by atoms with van der Waals surface area (Å²) in [6.45, 7) is 5.19. The smallest absolute Gasteiger partial charge is 0.0818 e. The average molecular weight is 347 g/mol. The second-order valence-electron chi connectivity index (χ2n) is 6.20. The van der Waals surface area contributed by atoms with Crippen LogP contribution in [0.15, 0.2) is 54.1 Å². The molecule has 1 atom stereocenters. The van der Waals surface area contributed by atoms with Crippen LogP contribution in [0.5, 0.6) is 0 Å². The molecule has 120 valence electrons. The van der Waals surface area contributed by atoms with E-state index in [9.17, 15) is 0 Å². The number of hydrogen-bond donors (Lipinski definition) is 0. The molecule has 0 aliphatic carbocycles. The number of halogens is 2. The first-order valence-corrected chi connectivity index (χ1v) is 8.68. The molecule has 2 aromatic rings. The van der Waals surface area contributed by atoms with Gasteiger partial charge >= 0.3 is 0 Å². The molecule has 1 unspecified atom stereocenters. The predicted octanol–water partition coefficient (Wildman–Crippen LogP) is 6.24. The summed E-state index contributed by atoms with van der Waals surface area (Å²) in [6.07, 6.45) is 1.13. The molecular weight excluding hydrogens is 327 g/mol. The highest BCUT2D eigenvalue weighted by Crippen LogP contribution is 2.37. The Morgan fingerprint density at radius 1 is 0.913 bits per heavy atom. The summed E-state index contributed by atoms with van der Waals surface area (Å²) in [5.74, 6) is 0.446. The number of benzene rings is 2. The Kier molecular flexibility index (Phi) is 5.11. The van der Waals surface area contributed by atoms with Gasteiger partial charge in [-0.3, -0.25) is 0 Å². The maximum absolute atomic E-state index is 6.06. The summed E-state index contributed by atoms with van der Waals surface area (Å²) in [4.78, 5) is 0. The molecule has 1 nitrogen and oxygen atoms in total. The van der Waals surface area contributed by atoms with Crippen molar-refractivity contribution in [1.29, 1.82) is 0 Å². The molecule has 3 heteroatoms. The van der Waals surface area contributed by atoms with E-state index >= 15 is 0 Å². The zero-order valence-corrected chi connectivity index (χ0v) is 14.9. The van der Waals surface area contributed by atoms with Crippen molar-refractivity contribution in [2.45, 2.75) is 26.4 Å². The van der Waals surface area contributed by atoms with Crippen molar-refractivity contribution in [2.75, 3.05) is 6.61 Å². The van der Waals surface area contributed by atoms with E-state index in [4.69, 9.17) is 27.9 Å². The van der Waals surface area contributed by atoms with Gasteiger partial charge in [0.2, 0.25) is 0 Å². The molecule has 2 aromatic carbocycles. The molecule has 1 fully saturated rings. The fourth-order valence-corrected chi connectivity index (χ4v) is 3.42. The quantitative estimate of drug-likeness (QED) is 0.638. The molecule has 1 heterocycles. The second-order valence-corrected chi connectivity index (χ2v) is 7.07. The zero-order chi connectivity index (χ0) is 16.4. The van der Waals surface area contributed by atoms with Crippen LogP contribution in [0.1, 0.15) is 31.4 Å². The van der Waals surface area contributed by atoms with E-state index in [-0.39, 0.29) is 6.10 Å². The zero-order valence-electron chi connectivity index (χ0n) is 13.4. The Morgan fingerprint density at radius 3 is 1.83 bits per heavy atom. The number of hydrogen-bond acceptors (Lipinski definition) is 1. The highest BCUT2D eigenvalue weighted by atomic mass is 35.5. The summed E-state index contributed by atoms with van der Waals surface area (Å²) >= 11 is 12.1. The molecule has 1 aliphatic rings. The minimum absolute atomic E-state index is 0.163. The maximum atomic E-state index is 6.06. The summed E-state index contributed by atoms with van der Waals surface area (Å²) in [5.41, 5.74) is 4.95. The van der Waals surface area contributed by atoms with Gasteiger partial charge in [-0.1, -0.05) is 61.3 Å². The Morgan fingerprint density at radius 2 is 1.39 bits per heavy atom. The minimum Gasteiger partial charge on any atom is -0.373 e. The molecule has 0 bridgehead atoms.